The summed E-state index contributed by atoms with van der Waals surface area (Å²) >= 11 is 0. The Hall–Kier alpha value is -4.04. The van der Waals surface area contributed by atoms with Gasteiger partial charge >= 0.3 is 0 Å². The number of rotatable bonds is 5. The van der Waals surface area contributed by atoms with E-state index in [2.05, 4.69) is 34.3 Å². The average Bonchev–Trinajstić information content (AvgIpc) is 2.97. The average molecular weight is 527 g/mol. The third-order valence-electron chi connectivity index (χ3n) is 8.32. The number of nitrogens with zero attached hydrogens (tertiary/aromatic N) is 3. The van der Waals surface area contributed by atoms with Gasteiger partial charge in [-0.05, 0) is 54.4 Å². The fourth-order valence-electron chi connectivity index (χ4n) is 6.25. The fraction of sp³-hybridized carbons (Fsp3) is 0.355. The van der Waals surface area contributed by atoms with Crippen molar-refractivity contribution >= 4 is 23.2 Å². The second kappa shape index (κ2) is 10.3. The number of carbonyl (C=O) groups excluding carboxylic acids is 2. The van der Waals surface area contributed by atoms with Crippen molar-refractivity contribution in [2.75, 3.05) is 64.2 Å². The first-order valence-corrected chi connectivity index (χ1v) is 13.5. The first-order chi connectivity index (χ1) is 19.0. The van der Waals surface area contributed by atoms with E-state index in [-0.39, 0.29) is 11.8 Å². The number of anilines is 2. The number of benzene rings is 3. The molecule has 0 aromatic heterocycles. The molecule has 1 saturated heterocycles. The third kappa shape index (κ3) is 4.38. The van der Waals surface area contributed by atoms with Crippen LogP contribution in [0.25, 0.3) is 0 Å². The number of hydrogen-bond acceptors (Lipinski definition) is 6. The molecular weight excluding hydrogens is 492 g/mol. The van der Waals surface area contributed by atoms with Crippen LogP contribution in [-0.2, 0) is 11.2 Å². The zero-order valence-electron chi connectivity index (χ0n) is 22.6. The molecule has 0 aliphatic carbocycles. The minimum atomic E-state index is -0.625. The Kier molecular flexibility index (Phi) is 6.64. The number of piperazine rings is 1. The van der Waals surface area contributed by atoms with Crippen molar-refractivity contribution in [2.45, 2.75) is 18.4 Å². The van der Waals surface area contributed by atoms with Crippen LogP contribution >= 0.6 is 0 Å². The summed E-state index contributed by atoms with van der Waals surface area (Å²) in [5.74, 6) is 0.105. The maximum Gasteiger partial charge on any atom is 0.254 e. The topological polar surface area (TPSA) is 74.4 Å². The van der Waals surface area contributed by atoms with E-state index < -0.39 is 12.0 Å². The van der Waals surface area contributed by atoms with Gasteiger partial charge in [-0.1, -0.05) is 36.4 Å². The molecule has 6 rings (SSSR count). The van der Waals surface area contributed by atoms with Crippen molar-refractivity contribution in [1.29, 1.82) is 0 Å². The van der Waals surface area contributed by atoms with E-state index in [0.29, 0.717) is 29.2 Å². The second-order valence-corrected chi connectivity index (χ2v) is 10.5. The maximum absolute atomic E-state index is 14.4. The fourth-order valence-corrected chi connectivity index (χ4v) is 6.25. The molecule has 0 spiro atoms. The van der Waals surface area contributed by atoms with Crippen LogP contribution in [0, 0.1) is 0 Å². The van der Waals surface area contributed by atoms with Crippen LogP contribution in [0.5, 0.6) is 11.5 Å². The SMILES string of the molecule is COc1cc2c(cc1OC)[C@@H](C(=O)Nc1ccccc1N1CCN(C)CC1)[C@H]1c3ccccc3CCN1C2=O. The van der Waals surface area contributed by atoms with Gasteiger partial charge < -0.3 is 29.5 Å². The number of likely N-dealkylation sites (N-methyl/N-ethyl adjacent to an activating group) is 1. The predicted octanol–water partition coefficient (Wildman–Crippen LogP) is 3.93. The summed E-state index contributed by atoms with van der Waals surface area (Å²) in [4.78, 5) is 34.7. The number of amides is 2. The zero-order chi connectivity index (χ0) is 27.1. The lowest BCUT2D eigenvalue weighted by Gasteiger charge is -2.45. The summed E-state index contributed by atoms with van der Waals surface area (Å²) in [5, 5.41) is 3.27. The standard InChI is InChI=1S/C31H34N4O4/c1-33-14-16-34(17-15-33)25-11-7-6-10-24(25)32-30(36)28-22-18-26(38-2)27(39-3)19-23(22)31(37)35-13-12-20-8-4-5-9-21(20)29(28)35/h4-11,18-19,28-29H,12-17H2,1-3H3,(H,32,36)/t28-,29-/m1/s1. The summed E-state index contributed by atoms with van der Waals surface area (Å²) in [7, 11) is 5.25. The van der Waals surface area contributed by atoms with E-state index >= 15 is 0 Å². The van der Waals surface area contributed by atoms with Crippen molar-refractivity contribution in [3.8, 4) is 11.5 Å². The summed E-state index contributed by atoms with van der Waals surface area (Å²) < 4.78 is 11.1. The number of fused-ring (bicyclic) bond motifs is 4. The van der Waals surface area contributed by atoms with Crippen LogP contribution in [0.4, 0.5) is 11.4 Å². The molecule has 0 unspecified atom stereocenters. The molecule has 8 heteroatoms. The van der Waals surface area contributed by atoms with Crippen LogP contribution in [0.1, 0.15) is 39.0 Å². The van der Waals surface area contributed by atoms with E-state index in [0.717, 1.165) is 49.5 Å². The molecule has 2 amide bonds. The van der Waals surface area contributed by atoms with Crippen molar-refractivity contribution in [1.82, 2.24) is 9.80 Å². The van der Waals surface area contributed by atoms with Gasteiger partial charge in [-0.3, -0.25) is 9.59 Å². The monoisotopic (exact) mass is 526 g/mol. The molecule has 39 heavy (non-hydrogen) atoms. The summed E-state index contributed by atoms with van der Waals surface area (Å²) in [6, 6.07) is 19.2. The Morgan fingerprint density at radius 1 is 0.872 bits per heavy atom. The normalized spacial score (nSPS) is 20.5. The minimum Gasteiger partial charge on any atom is -0.493 e. The van der Waals surface area contributed by atoms with Gasteiger partial charge in [-0.25, -0.2) is 0 Å². The molecule has 0 radical (unpaired) electrons. The number of nitrogens with one attached hydrogen (secondary N) is 1. The van der Waals surface area contributed by atoms with Crippen LogP contribution in [0.3, 0.4) is 0 Å². The molecule has 202 valence electrons. The van der Waals surface area contributed by atoms with Gasteiger partial charge in [0.2, 0.25) is 5.91 Å². The summed E-state index contributed by atoms with van der Waals surface area (Å²) in [6.45, 7) is 4.28. The third-order valence-corrected chi connectivity index (χ3v) is 8.32. The molecule has 0 saturated carbocycles. The van der Waals surface area contributed by atoms with Crippen LogP contribution in [-0.4, -0.2) is 75.6 Å². The van der Waals surface area contributed by atoms with Gasteiger partial charge in [0, 0.05) is 38.3 Å². The Bertz CT molecular complexity index is 1420. The molecule has 2 atom stereocenters. The molecule has 1 N–H and O–H groups in total. The highest BCUT2D eigenvalue weighted by Gasteiger charge is 2.47. The minimum absolute atomic E-state index is 0.0904. The number of para-hydroxylation sites is 2. The van der Waals surface area contributed by atoms with Gasteiger partial charge in [-0.2, -0.15) is 0 Å². The number of ether oxygens (including phenoxy) is 2. The molecular formula is C31H34N4O4. The van der Waals surface area contributed by atoms with E-state index in [1.54, 1.807) is 26.4 Å². The van der Waals surface area contributed by atoms with E-state index in [1.165, 1.54) is 5.56 Å². The summed E-state index contributed by atoms with van der Waals surface area (Å²) in [5.41, 5.74) is 5.12. The molecule has 3 heterocycles. The lowest BCUT2D eigenvalue weighted by atomic mass is 9.75. The Morgan fingerprint density at radius 2 is 1.56 bits per heavy atom. The van der Waals surface area contributed by atoms with Gasteiger partial charge in [0.25, 0.3) is 5.91 Å². The maximum atomic E-state index is 14.4. The highest BCUT2D eigenvalue weighted by molar-refractivity contribution is 6.06. The Labute approximate surface area is 229 Å². The highest BCUT2D eigenvalue weighted by Crippen LogP contribution is 2.49. The van der Waals surface area contributed by atoms with E-state index in [9.17, 15) is 9.59 Å². The molecule has 3 aliphatic heterocycles. The Morgan fingerprint density at radius 3 is 2.33 bits per heavy atom. The summed E-state index contributed by atoms with van der Waals surface area (Å²) in [6.07, 6.45) is 0.752. The first kappa shape index (κ1) is 25.2. The predicted molar refractivity (Wildman–Crippen MR) is 151 cm³/mol. The number of carbonyl (C=O) groups is 2. The van der Waals surface area contributed by atoms with Crippen LogP contribution < -0.4 is 19.7 Å². The smallest absolute Gasteiger partial charge is 0.254 e. The second-order valence-electron chi connectivity index (χ2n) is 10.5. The van der Waals surface area contributed by atoms with Gasteiger partial charge in [0.1, 0.15) is 0 Å². The highest BCUT2D eigenvalue weighted by atomic mass is 16.5. The quantitative estimate of drug-likeness (QED) is 0.543. The largest absolute Gasteiger partial charge is 0.493 e. The van der Waals surface area contributed by atoms with Crippen molar-refractivity contribution in [3.63, 3.8) is 0 Å². The van der Waals surface area contributed by atoms with Crippen molar-refractivity contribution in [2.24, 2.45) is 0 Å². The molecule has 3 aromatic carbocycles. The van der Waals surface area contributed by atoms with Crippen LogP contribution in [0.15, 0.2) is 60.7 Å². The van der Waals surface area contributed by atoms with Gasteiger partial charge in [0.05, 0.1) is 37.6 Å². The molecule has 1 fully saturated rings. The molecule has 3 aliphatic rings. The van der Waals surface area contributed by atoms with E-state index in [4.69, 9.17) is 9.47 Å². The van der Waals surface area contributed by atoms with Crippen molar-refractivity contribution < 1.29 is 19.1 Å². The van der Waals surface area contributed by atoms with Crippen LogP contribution in [0.2, 0.25) is 0 Å². The van der Waals surface area contributed by atoms with Gasteiger partial charge in [-0.15, -0.1) is 0 Å². The number of hydrogen-bond donors (Lipinski definition) is 1. The molecule has 8 nitrogen and oxygen atoms in total. The first-order valence-electron chi connectivity index (χ1n) is 13.5. The lowest BCUT2D eigenvalue weighted by Crippen LogP contribution is -2.49. The Balaban J connectivity index is 1.44. The number of methoxy groups -OCH3 is 2. The van der Waals surface area contributed by atoms with Gasteiger partial charge in [0.15, 0.2) is 11.5 Å². The van der Waals surface area contributed by atoms with E-state index in [1.807, 2.05) is 41.3 Å². The zero-order valence-corrected chi connectivity index (χ0v) is 22.6. The molecule has 0 bridgehead atoms. The van der Waals surface area contributed by atoms with Crippen molar-refractivity contribution in [3.05, 3.63) is 82.9 Å². The molecule has 3 aromatic rings. The lowest BCUT2D eigenvalue weighted by molar-refractivity contribution is -0.119.